The summed E-state index contributed by atoms with van der Waals surface area (Å²) >= 11 is 0. The van der Waals surface area contributed by atoms with E-state index in [1.807, 2.05) is 28.7 Å². The van der Waals surface area contributed by atoms with Crippen LogP contribution in [0.4, 0.5) is 31.7 Å². The van der Waals surface area contributed by atoms with Crippen molar-refractivity contribution in [3.63, 3.8) is 0 Å². The molecule has 7 aliphatic rings. The monoisotopic (exact) mass is 1010 g/mol. The van der Waals surface area contributed by atoms with Gasteiger partial charge in [0.15, 0.2) is 5.82 Å². The summed E-state index contributed by atoms with van der Waals surface area (Å²) in [6, 6.07) is 12.0. The summed E-state index contributed by atoms with van der Waals surface area (Å²) in [5.74, 6) is 0.239. The Labute approximate surface area is 431 Å². The molecule has 2 amide bonds. The number of nitrogens with zero attached hydrogens (tertiary/aromatic N) is 9. The molecule has 15 nitrogen and oxygen atoms in total. The number of piperazine rings is 1. The quantitative estimate of drug-likeness (QED) is 0.104. The highest BCUT2D eigenvalue weighted by molar-refractivity contribution is 6.04. The molecule has 12 rings (SSSR count). The van der Waals surface area contributed by atoms with E-state index >= 15 is 8.78 Å². The van der Waals surface area contributed by atoms with E-state index in [0.29, 0.717) is 78.3 Å². The first kappa shape index (κ1) is 48.8. The zero-order valence-electron chi connectivity index (χ0n) is 42.9. The number of ether oxygens (including phenoxy) is 1. The van der Waals surface area contributed by atoms with Crippen LogP contribution in [-0.4, -0.2) is 138 Å². The SMILES string of the molecule is C=C1N(C)c2cc(N3CCN(CC4CC5(CCN(CC6(COc7nc(N8CCC[C@@](C)(O)C8)c8cnc(-c9cc(O)cc%10ccc(F)c(CC)c9%10)c(F)c8n7)CC6)CC5)C4)CC3)ccc2N1C1CCC(=O)NC1=O. The lowest BCUT2D eigenvalue weighted by atomic mass is 9.57. The van der Waals surface area contributed by atoms with E-state index in [2.05, 4.69) is 49.8 Å². The van der Waals surface area contributed by atoms with E-state index in [-0.39, 0.29) is 45.8 Å². The zero-order chi connectivity index (χ0) is 51.3. The Morgan fingerprint density at radius 2 is 1.69 bits per heavy atom. The third-order valence-corrected chi connectivity index (χ3v) is 17.8. The summed E-state index contributed by atoms with van der Waals surface area (Å²) in [5.41, 5.74) is 3.27. The number of nitrogens with one attached hydrogen (secondary N) is 1. The molecule has 7 heterocycles. The number of aryl methyl sites for hydroxylation is 1. The molecule has 74 heavy (non-hydrogen) atoms. The van der Waals surface area contributed by atoms with E-state index in [1.165, 1.54) is 43.5 Å². The first-order valence-corrected chi connectivity index (χ1v) is 26.9. The van der Waals surface area contributed by atoms with Crippen molar-refractivity contribution in [3.8, 4) is 23.0 Å². The predicted octanol–water partition coefficient (Wildman–Crippen LogP) is 7.75. The molecule has 4 saturated heterocycles. The lowest BCUT2D eigenvalue weighted by Crippen LogP contribution is -2.53. The van der Waals surface area contributed by atoms with Crippen LogP contribution >= 0.6 is 0 Å². The van der Waals surface area contributed by atoms with Crippen LogP contribution in [0, 0.1) is 28.4 Å². The number of rotatable bonds is 12. The first-order chi connectivity index (χ1) is 35.6. The molecular weight excluding hydrogens is 943 g/mol. The van der Waals surface area contributed by atoms with Crippen LogP contribution in [0.5, 0.6) is 11.8 Å². The van der Waals surface area contributed by atoms with Crippen LogP contribution in [0.15, 0.2) is 61.1 Å². The average Bonchev–Trinajstić information content (AvgIpc) is 4.10. The molecule has 1 unspecified atom stereocenters. The molecule has 3 N–H and O–H groups in total. The molecule has 6 fully saturated rings. The van der Waals surface area contributed by atoms with Gasteiger partial charge in [0.25, 0.3) is 0 Å². The lowest BCUT2D eigenvalue weighted by molar-refractivity contribution is -0.134. The number of pyridine rings is 1. The Morgan fingerprint density at radius 1 is 0.905 bits per heavy atom. The summed E-state index contributed by atoms with van der Waals surface area (Å²) in [4.78, 5) is 52.6. The molecule has 3 aromatic carbocycles. The van der Waals surface area contributed by atoms with E-state index in [9.17, 15) is 19.8 Å². The van der Waals surface area contributed by atoms with Gasteiger partial charge in [0.05, 0.1) is 29.0 Å². The van der Waals surface area contributed by atoms with Gasteiger partial charge in [-0.25, -0.2) is 8.78 Å². The number of aromatic hydroxyl groups is 1. The van der Waals surface area contributed by atoms with E-state index in [0.717, 1.165) is 94.7 Å². The predicted molar refractivity (Wildman–Crippen MR) is 283 cm³/mol. The molecule has 0 radical (unpaired) electrons. The maximum atomic E-state index is 17.2. The van der Waals surface area contributed by atoms with Gasteiger partial charge in [-0.2, -0.15) is 9.97 Å². The lowest BCUT2D eigenvalue weighted by Gasteiger charge is -2.54. The van der Waals surface area contributed by atoms with Crippen LogP contribution in [0.2, 0.25) is 0 Å². The minimum Gasteiger partial charge on any atom is -0.508 e. The summed E-state index contributed by atoms with van der Waals surface area (Å²) in [5, 5.41) is 25.8. The minimum atomic E-state index is -0.958. The number of aliphatic hydroxyl groups is 1. The largest absolute Gasteiger partial charge is 0.508 e. The van der Waals surface area contributed by atoms with Crippen molar-refractivity contribution in [2.75, 3.05) is 98.7 Å². The third kappa shape index (κ3) is 8.95. The second-order valence-electron chi connectivity index (χ2n) is 23.1. The van der Waals surface area contributed by atoms with Gasteiger partial charge in [-0.05, 0) is 148 Å². The Morgan fingerprint density at radius 3 is 2.42 bits per heavy atom. The van der Waals surface area contributed by atoms with Gasteiger partial charge in [-0.1, -0.05) is 19.6 Å². The van der Waals surface area contributed by atoms with Gasteiger partial charge < -0.3 is 39.4 Å². The Hall–Kier alpha value is -6.17. The van der Waals surface area contributed by atoms with E-state index < -0.39 is 23.3 Å². The van der Waals surface area contributed by atoms with E-state index in [4.69, 9.17) is 14.7 Å². The van der Waals surface area contributed by atoms with Crippen LogP contribution in [0.25, 0.3) is 32.9 Å². The maximum absolute atomic E-state index is 17.2. The number of halogens is 2. The second kappa shape index (κ2) is 18.6. The molecule has 2 aromatic heterocycles. The standard InChI is InChI=1S/C57H68F2N10O5/c1-5-40-43(58)9-7-37-25-39(70)27-41(48(37)40)50-49(59)51-42(30-60-50)52(68-18-6-13-55(3,73)32-68)63-54(62-51)74-34-57(14-15-57)33-66-19-16-56(17-20-66)28-36(29-56)31-65-21-23-67(24-22-65)38-8-10-44-46(26-38)64(4)35(2)69(44)45-11-12-47(71)61-53(45)72/h7-10,25-27,30,36,45,70,73H,2,5-6,11-24,28-29,31-34H2,1,3-4H3,(H,61,71,72)/t45?,55-/m1/s1. The zero-order valence-corrected chi connectivity index (χ0v) is 42.9. The fourth-order valence-corrected chi connectivity index (χ4v) is 13.5. The number of fused-ring (bicyclic) bond motifs is 3. The number of aromatic nitrogens is 3. The van der Waals surface area contributed by atoms with Crippen molar-refractivity contribution in [3.05, 3.63) is 78.3 Å². The van der Waals surface area contributed by atoms with Crippen LogP contribution < -0.4 is 29.7 Å². The van der Waals surface area contributed by atoms with Crippen molar-refractivity contribution >= 4 is 56.4 Å². The number of imide groups is 1. The fraction of sp³-hybridized carbons (Fsp3) is 0.526. The second-order valence-corrected chi connectivity index (χ2v) is 23.1. The smallest absolute Gasteiger partial charge is 0.319 e. The molecule has 390 valence electrons. The van der Waals surface area contributed by atoms with Gasteiger partial charge >= 0.3 is 6.01 Å². The molecule has 5 aliphatic heterocycles. The molecule has 2 atom stereocenters. The summed E-state index contributed by atoms with van der Waals surface area (Å²) < 4.78 is 38.9. The average molecular weight is 1010 g/mol. The number of hydrogen-bond donors (Lipinski definition) is 3. The number of carbonyl (C=O) groups is 2. The van der Waals surface area contributed by atoms with Crippen LogP contribution in [-0.2, 0) is 16.0 Å². The number of likely N-dealkylation sites (tertiary alicyclic amines) is 1. The molecule has 17 heteroatoms. The van der Waals surface area contributed by atoms with Crippen molar-refractivity contribution in [1.29, 1.82) is 0 Å². The number of anilines is 4. The fourth-order valence-electron chi connectivity index (χ4n) is 13.5. The number of hydrogen-bond acceptors (Lipinski definition) is 14. The normalized spacial score (nSPS) is 24.2. The highest BCUT2D eigenvalue weighted by atomic mass is 19.1. The topological polar surface area (TPSA) is 154 Å². The number of β-amino-alcohol motifs (C(OH)–C–C–N with tert-alkyl or cyclic N) is 1. The van der Waals surface area contributed by atoms with Crippen molar-refractivity contribution < 1.29 is 33.3 Å². The van der Waals surface area contributed by atoms with Gasteiger partial charge in [0.1, 0.15) is 40.5 Å². The Kier molecular flexibility index (Phi) is 12.2. The first-order valence-electron chi connectivity index (χ1n) is 26.9. The highest BCUT2D eigenvalue weighted by Gasteiger charge is 2.50. The summed E-state index contributed by atoms with van der Waals surface area (Å²) in [7, 11) is 1.99. The van der Waals surface area contributed by atoms with Crippen LogP contribution in [0.3, 0.4) is 0 Å². The Bertz CT molecular complexity index is 3070. The van der Waals surface area contributed by atoms with Crippen LogP contribution in [0.1, 0.15) is 83.6 Å². The van der Waals surface area contributed by atoms with Crippen molar-refractivity contribution in [1.82, 2.24) is 30.1 Å². The maximum Gasteiger partial charge on any atom is 0.319 e. The molecule has 0 bridgehead atoms. The minimum absolute atomic E-state index is 0.0246. The van der Waals surface area contributed by atoms with E-state index in [1.54, 1.807) is 25.3 Å². The van der Waals surface area contributed by atoms with Crippen molar-refractivity contribution in [2.45, 2.75) is 96.1 Å². The molecule has 5 aromatic rings. The number of benzene rings is 3. The number of carbonyl (C=O) groups excluding carboxylic acids is 2. The molecular formula is C57H68F2N10O5. The summed E-state index contributed by atoms with van der Waals surface area (Å²) in [6.07, 6.45) is 11.1. The van der Waals surface area contributed by atoms with Gasteiger partial charge in [-0.15, -0.1) is 0 Å². The highest BCUT2D eigenvalue weighted by Crippen LogP contribution is 2.54. The number of phenols is 1. The third-order valence-electron chi connectivity index (χ3n) is 17.8. The Balaban J connectivity index is 0.664. The van der Waals surface area contributed by atoms with Gasteiger partial charge in [0.2, 0.25) is 11.8 Å². The van der Waals surface area contributed by atoms with Gasteiger partial charge in [0, 0.05) is 88.7 Å². The molecule has 2 saturated carbocycles. The number of piperidine rings is 3. The number of amides is 2. The van der Waals surface area contributed by atoms with Gasteiger partial charge in [-0.3, -0.25) is 24.8 Å². The summed E-state index contributed by atoms with van der Waals surface area (Å²) in [6.45, 7) is 17.5. The molecule has 2 aliphatic carbocycles. The van der Waals surface area contributed by atoms with Crippen molar-refractivity contribution in [2.24, 2.45) is 16.7 Å². The molecule has 1 spiro atoms. The number of phenolic OH excluding ortho intramolecular Hbond substituents is 1.